The maximum atomic E-state index is 5.97. The average Bonchev–Trinajstić information content (AvgIpc) is 2.98. The number of methoxy groups -OCH3 is 1. The van der Waals surface area contributed by atoms with Crippen LogP contribution in [0.25, 0.3) is 10.8 Å². The molecule has 1 aliphatic rings. The molecule has 1 heterocycles. The van der Waals surface area contributed by atoms with Crippen molar-refractivity contribution in [2.45, 2.75) is 37.3 Å². The highest BCUT2D eigenvalue weighted by atomic mass is 16.5. The zero-order valence-corrected chi connectivity index (χ0v) is 12.2. The molecule has 20 heavy (non-hydrogen) atoms. The molecule has 1 aromatic heterocycles. The maximum absolute atomic E-state index is 5.97. The fraction of sp³-hybridized carbons (Fsp3) is 0.471. The number of nitrogens with one attached hydrogen (secondary N) is 1. The van der Waals surface area contributed by atoms with Crippen molar-refractivity contribution in [1.29, 1.82) is 0 Å². The summed E-state index contributed by atoms with van der Waals surface area (Å²) in [6.07, 6.45) is 8.54. The summed E-state index contributed by atoms with van der Waals surface area (Å²) in [6.45, 7) is 0. The van der Waals surface area contributed by atoms with E-state index in [1.165, 1.54) is 29.2 Å². The minimum absolute atomic E-state index is 0.0844. The molecule has 1 unspecified atom stereocenters. The van der Waals surface area contributed by atoms with Gasteiger partial charge < -0.3 is 10.1 Å². The zero-order chi connectivity index (χ0) is 14.0. The van der Waals surface area contributed by atoms with Crippen molar-refractivity contribution >= 4 is 10.8 Å². The van der Waals surface area contributed by atoms with Crippen LogP contribution in [0.5, 0.6) is 0 Å². The molecule has 3 rings (SSSR count). The van der Waals surface area contributed by atoms with Crippen molar-refractivity contribution in [3.8, 4) is 0 Å². The van der Waals surface area contributed by atoms with Gasteiger partial charge in [0.05, 0.1) is 11.6 Å². The van der Waals surface area contributed by atoms with Crippen LogP contribution < -0.4 is 5.32 Å². The van der Waals surface area contributed by atoms with E-state index in [0.29, 0.717) is 0 Å². The van der Waals surface area contributed by atoms with Gasteiger partial charge in [-0.25, -0.2) is 0 Å². The van der Waals surface area contributed by atoms with Crippen LogP contribution in [0.15, 0.2) is 36.7 Å². The molecule has 3 nitrogen and oxygen atoms in total. The Morgan fingerprint density at radius 1 is 1.25 bits per heavy atom. The minimum Gasteiger partial charge on any atom is -0.376 e. The quantitative estimate of drug-likeness (QED) is 0.924. The Morgan fingerprint density at radius 3 is 2.75 bits per heavy atom. The first kappa shape index (κ1) is 13.5. The van der Waals surface area contributed by atoms with Gasteiger partial charge in [0.15, 0.2) is 0 Å². The largest absolute Gasteiger partial charge is 0.376 e. The second-order valence-electron chi connectivity index (χ2n) is 5.64. The first-order valence-electron chi connectivity index (χ1n) is 7.36. The van der Waals surface area contributed by atoms with Crippen LogP contribution >= 0.6 is 0 Å². The summed E-state index contributed by atoms with van der Waals surface area (Å²) in [7, 11) is 3.87. The lowest BCUT2D eigenvalue weighted by Gasteiger charge is -2.37. The van der Waals surface area contributed by atoms with E-state index in [9.17, 15) is 0 Å². The van der Waals surface area contributed by atoms with Crippen molar-refractivity contribution in [3.63, 3.8) is 0 Å². The monoisotopic (exact) mass is 270 g/mol. The highest BCUT2D eigenvalue weighted by Crippen LogP contribution is 2.43. The molecule has 2 aromatic rings. The van der Waals surface area contributed by atoms with E-state index in [1.54, 1.807) is 0 Å². The third-order valence-corrected chi connectivity index (χ3v) is 4.70. The van der Waals surface area contributed by atoms with E-state index in [0.717, 1.165) is 12.8 Å². The molecule has 1 fully saturated rings. The molecule has 0 aliphatic heterocycles. The summed E-state index contributed by atoms with van der Waals surface area (Å²) >= 11 is 0. The molecular formula is C17H22N2O. The Balaban J connectivity index is 2.12. The molecule has 1 aliphatic carbocycles. The lowest BCUT2D eigenvalue weighted by Crippen LogP contribution is -2.42. The van der Waals surface area contributed by atoms with Gasteiger partial charge in [-0.3, -0.25) is 4.98 Å². The van der Waals surface area contributed by atoms with E-state index in [1.807, 2.05) is 26.6 Å². The Morgan fingerprint density at radius 2 is 2.05 bits per heavy atom. The molecule has 1 atom stereocenters. The standard InChI is InChI=1S/C17H22N2O/c1-18-16(17(20-2)9-3-4-10-17)14-7-5-6-13-8-11-19-12-15(13)14/h5-8,11-12,16,18H,3-4,9-10H2,1-2H3. The van der Waals surface area contributed by atoms with E-state index < -0.39 is 0 Å². The fourth-order valence-electron chi connectivity index (χ4n) is 3.67. The van der Waals surface area contributed by atoms with Gasteiger partial charge in [0.2, 0.25) is 0 Å². The number of aromatic nitrogens is 1. The number of pyridine rings is 1. The second kappa shape index (κ2) is 5.51. The number of fused-ring (bicyclic) bond motifs is 1. The Labute approximate surface area is 120 Å². The Hall–Kier alpha value is -1.45. The molecule has 3 heteroatoms. The van der Waals surface area contributed by atoms with Crippen molar-refractivity contribution in [3.05, 3.63) is 42.2 Å². The molecular weight excluding hydrogens is 248 g/mol. The molecule has 0 bridgehead atoms. The van der Waals surface area contributed by atoms with Crippen molar-refractivity contribution < 1.29 is 4.74 Å². The molecule has 0 spiro atoms. The Bertz CT molecular complexity index is 585. The normalized spacial score (nSPS) is 19.3. The van der Waals surface area contributed by atoms with Crippen LogP contribution in [0.4, 0.5) is 0 Å². The summed E-state index contributed by atoms with van der Waals surface area (Å²) in [6, 6.07) is 8.74. The SMILES string of the molecule is CNC(c1cccc2ccncc12)C1(OC)CCCC1. The molecule has 1 N–H and O–H groups in total. The smallest absolute Gasteiger partial charge is 0.0872 e. The molecule has 1 saturated carbocycles. The van der Waals surface area contributed by atoms with Crippen LogP contribution in [0, 0.1) is 0 Å². The van der Waals surface area contributed by atoms with Crippen LogP contribution in [-0.4, -0.2) is 24.7 Å². The van der Waals surface area contributed by atoms with Gasteiger partial charge in [0.25, 0.3) is 0 Å². The average molecular weight is 270 g/mol. The lowest BCUT2D eigenvalue weighted by atomic mass is 9.85. The number of hydrogen-bond acceptors (Lipinski definition) is 3. The molecule has 0 saturated heterocycles. The van der Waals surface area contributed by atoms with Gasteiger partial charge in [0.1, 0.15) is 0 Å². The van der Waals surface area contributed by atoms with E-state index in [-0.39, 0.29) is 11.6 Å². The highest BCUT2D eigenvalue weighted by molar-refractivity contribution is 5.85. The van der Waals surface area contributed by atoms with E-state index in [4.69, 9.17) is 4.74 Å². The van der Waals surface area contributed by atoms with Crippen molar-refractivity contribution in [1.82, 2.24) is 10.3 Å². The van der Waals surface area contributed by atoms with E-state index in [2.05, 4.69) is 34.6 Å². The molecule has 0 amide bonds. The first-order valence-corrected chi connectivity index (χ1v) is 7.36. The third kappa shape index (κ3) is 2.11. The molecule has 0 radical (unpaired) electrons. The third-order valence-electron chi connectivity index (χ3n) is 4.70. The first-order chi connectivity index (χ1) is 9.80. The van der Waals surface area contributed by atoms with Crippen LogP contribution in [0.3, 0.4) is 0 Å². The number of rotatable bonds is 4. The van der Waals surface area contributed by atoms with Gasteiger partial charge in [-0.1, -0.05) is 31.0 Å². The lowest BCUT2D eigenvalue weighted by molar-refractivity contribution is -0.0345. The summed E-state index contributed by atoms with van der Waals surface area (Å²) in [5.41, 5.74) is 1.21. The number of benzene rings is 1. The number of ether oxygens (including phenoxy) is 1. The topological polar surface area (TPSA) is 34.2 Å². The minimum atomic E-state index is -0.0844. The van der Waals surface area contributed by atoms with Crippen molar-refractivity contribution in [2.75, 3.05) is 14.2 Å². The van der Waals surface area contributed by atoms with Crippen molar-refractivity contribution in [2.24, 2.45) is 0 Å². The second-order valence-corrected chi connectivity index (χ2v) is 5.64. The molecule has 106 valence electrons. The van der Waals surface area contributed by atoms with Crippen LogP contribution in [0.2, 0.25) is 0 Å². The van der Waals surface area contributed by atoms with E-state index >= 15 is 0 Å². The summed E-state index contributed by atoms with van der Waals surface area (Å²) in [5, 5.41) is 5.95. The predicted octanol–water partition coefficient (Wildman–Crippen LogP) is 3.45. The van der Waals surface area contributed by atoms with Gasteiger partial charge in [-0.05, 0) is 36.9 Å². The zero-order valence-electron chi connectivity index (χ0n) is 12.2. The van der Waals surface area contributed by atoms with Gasteiger partial charge in [0, 0.05) is 24.9 Å². The number of nitrogens with zero attached hydrogens (tertiary/aromatic N) is 1. The van der Waals surface area contributed by atoms with Gasteiger partial charge in [-0.2, -0.15) is 0 Å². The van der Waals surface area contributed by atoms with Crippen LogP contribution in [-0.2, 0) is 4.74 Å². The van der Waals surface area contributed by atoms with Gasteiger partial charge in [-0.15, -0.1) is 0 Å². The summed E-state index contributed by atoms with van der Waals surface area (Å²) in [5.74, 6) is 0. The van der Waals surface area contributed by atoms with Crippen LogP contribution in [0.1, 0.15) is 37.3 Å². The fourth-order valence-corrected chi connectivity index (χ4v) is 3.67. The van der Waals surface area contributed by atoms with Gasteiger partial charge >= 0.3 is 0 Å². The number of hydrogen-bond donors (Lipinski definition) is 1. The Kier molecular flexibility index (Phi) is 3.72. The summed E-state index contributed by atoms with van der Waals surface area (Å²) < 4.78 is 5.97. The highest BCUT2D eigenvalue weighted by Gasteiger charge is 2.42. The maximum Gasteiger partial charge on any atom is 0.0872 e. The summed E-state index contributed by atoms with van der Waals surface area (Å²) in [4.78, 5) is 4.30. The predicted molar refractivity (Wildman–Crippen MR) is 81.8 cm³/mol. The number of likely N-dealkylation sites (N-methyl/N-ethyl adjacent to an activating group) is 1. The molecule has 1 aromatic carbocycles.